The fourth-order valence-corrected chi connectivity index (χ4v) is 2.24. The van der Waals surface area contributed by atoms with Crippen molar-refractivity contribution in [2.24, 2.45) is 0 Å². The van der Waals surface area contributed by atoms with Gasteiger partial charge >= 0.3 is 0 Å². The molecule has 1 atom stereocenters. The maximum atomic E-state index is 13.0. The van der Waals surface area contributed by atoms with E-state index in [2.05, 4.69) is 0 Å². The monoisotopic (exact) mass is 309 g/mol. The third kappa shape index (κ3) is 2.68. The van der Waals surface area contributed by atoms with Crippen molar-refractivity contribution in [3.63, 3.8) is 0 Å². The van der Waals surface area contributed by atoms with E-state index in [9.17, 15) is 24.5 Å². The van der Waals surface area contributed by atoms with Gasteiger partial charge in [0.15, 0.2) is 11.5 Å². The number of aliphatic hydroxyl groups is 2. The second-order valence-corrected chi connectivity index (χ2v) is 4.84. The fraction of sp³-hybridized carbons (Fsp3) is 0.267. The molecule has 2 rings (SSSR count). The number of aromatic hydroxyl groups is 2. The van der Waals surface area contributed by atoms with Crippen LogP contribution in [0, 0.1) is 12.7 Å². The van der Waals surface area contributed by atoms with Gasteiger partial charge in [-0.2, -0.15) is 0 Å². The number of hydrogen-bond acceptors (Lipinski definition) is 5. The second-order valence-electron chi connectivity index (χ2n) is 4.84. The first-order chi connectivity index (χ1) is 10.4. The van der Waals surface area contributed by atoms with E-state index in [4.69, 9.17) is 5.11 Å². The van der Waals surface area contributed by atoms with Crippen LogP contribution in [0.2, 0.25) is 0 Å². The van der Waals surface area contributed by atoms with Gasteiger partial charge in [-0.05, 0) is 24.6 Å². The lowest BCUT2D eigenvalue weighted by atomic mass is 10.0. The molecule has 0 saturated carbocycles. The summed E-state index contributed by atoms with van der Waals surface area (Å²) in [4.78, 5) is 12.2. The van der Waals surface area contributed by atoms with E-state index in [1.807, 2.05) is 0 Å². The molecular formula is C15H16FNO5. The highest BCUT2D eigenvalue weighted by Crippen LogP contribution is 2.36. The number of hydrogen-bond donors (Lipinski definition) is 4. The van der Waals surface area contributed by atoms with Crippen LogP contribution >= 0.6 is 0 Å². The molecule has 1 aromatic carbocycles. The molecule has 0 aliphatic carbocycles. The number of aromatic nitrogens is 1. The van der Waals surface area contributed by atoms with E-state index < -0.39 is 35.6 Å². The van der Waals surface area contributed by atoms with Gasteiger partial charge in [0, 0.05) is 6.54 Å². The topological polar surface area (TPSA) is 103 Å². The smallest absolute Gasteiger partial charge is 0.257 e. The van der Waals surface area contributed by atoms with Gasteiger partial charge in [-0.1, -0.05) is 12.1 Å². The summed E-state index contributed by atoms with van der Waals surface area (Å²) >= 11 is 0. The molecule has 4 N–H and O–H groups in total. The molecule has 0 aliphatic rings. The molecule has 0 radical (unpaired) electrons. The van der Waals surface area contributed by atoms with Crippen molar-refractivity contribution in [2.45, 2.75) is 19.6 Å². The van der Waals surface area contributed by atoms with Gasteiger partial charge in [-0.15, -0.1) is 0 Å². The third-order valence-corrected chi connectivity index (χ3v) is 3.45. The normalized spacial score (nSPS) is 12.4. The Morgan fingerprint density at radius 3 is 2.32 bits per heavy atom. The van der Waals surface area contributed by atoms with Gasteiger partial charge in [0.1, 0.15) is 17.6 Å². The van der Waals surface area contributed by atoms with E-state index in [0.717, 1.165) is 16.7 Å². The number of pyridine rings is 1. The van der Waals surface area contributed by atoms with Crippen LogP contribution in [0.4, 0.5) is 4.39 Å². The lowest BCUT2D eigenvalue weighted by molar-refractivity contribution is 0.194. The zero-order valence-electron chi connectivity index (χ0n) is 11.8. The van der Waals surface area contributed by atoms with Crippen LogP contribution in [0.5, 0.6) is 11.5 Å². The van der Waals surface area contributed by atoms with Crippen molar-refractivity contribution >= 4 is 0 Å². The number of aliphatic hydroxyl groups excluding tert-OH is 2. The molecule has 0 amide bonds. The van der Waals surface area contributed by atoms with Crippen molar-refractivity contribution in [2.75, 3.05) is 6.61 Å². The zero-order chi connectivity index (χ0) is 16.4. The number of halogens is 1. The Balaban J connectivity index is 2.67. The number of benzene rings is 1. The second kappa shape index (κ2) is 6.17. The lowest BCUT2D eigenvalue weighted by Gasteiger charge is -2.20. The molecule has 22 heavy (non-hydrogen) atoms. The Morgan fingerprint density at radius 2 is 1.77 bits per heavy atom. The van der Waals surface area contributed by atoms with Gasteiger partial charge in [-0.25, -0.2) is 4.39 Å². The fourth-order valence-electron chi connectivity index (χ4n) is 2.24. The molecule has 1 unspecified atom stereocenters. The van der Waals surface area contributed by atoms with Gasteiger partial charge in [-0.3, -0.25) is 4.79 Å². The Bertz CT molecular complexity index is 739. The van der Waals surface area contributed by atoms with Gasteiger partial charge in [0.2, 0.25) is 0 Å². The van der Waals surface area contributed by atoms with Crippen molar-refractivity contribution in [3.8, 4) is 11.5 Å². The summed E-state index contributed by atoms with van der Waals surface area (Å²) in [5.74, 6) is -1.78. The standard InChI is InChI=1S/C15H16FNO5/c1-8-12(19)14(21)11(17(6-7-18)15(8)22)13(20)9-2-4-10(16)5-3-9/h2-5,13,18-21H,6-7H2,1H3. The molecule has 118 valence electrons. The molecule has 0 spiro atoms. The third-order valence-electron chi connectivity index (χ3n) is 3.45. The molecule has 7 heteroatoms. The molecule has 0 aliphatic heterocycles. The Kier molecular flexibility index (Phi) is 4.48. The molecular weight excluding hydrogens is 293 g/mol. The average Bonchev–Trinajstić information content (AvgIpc) is 2.51. The SMILES string of the molecule is Cc1c(O)c(O)c(C(O)c2ccc(F)cc2)n(CCO)c1=O. The van der Waals surface area contributed by atoms with Crippen LogP contribution < -0.4 is 5.56 Å². The molecule has 1 heterocycles. The summed E-state index contributed by atoms with van der Waals surface area (Å²) in [7, 11) is 0. The minimum Gasteiger partial charge on any atom is -0.504 e. The lowest BCUT2D eigenvalue weighted by Crippen LogP contribution is -2.28. The van der Waals surface area contributed by atoms with Gasteiger partial charge in [0.25, 0.3) is 5.56 Å². The van der Waals surface area contributed by atoms with Crippen molar-refractivity contribution in [1.82, 2.24) is 4.57 Å². The van der Waals surface area contributed by atoms with E-state index in [-0.39, 0.29) is 23.4 Å². The summed E-state index contributed by atoms with van der Waals surface area (Å²) in [6, 6.07) is 4.84. The van der Waals surface area contributed by atoms with E-state index in [1.165, 1.54) is 19.1 Å². The van der Waals surface area contributed by atoms with Crippen LogP contribution in [0.25, 0.3) is 0 Å². The highest BCUT2D eigenvalue weighted by Gasteiger charge is 2.25. The van der Waals surface area contributed by atoms with Crippen molar-refractivity contribution in [1.29, 1.82) is 0 Å². The Hall–Kier alpha value is -2.38. The highest BCUT2D eigenvalue weighted by atomic mass is 19.1. The maximum Gasteiger partial charge on any atom is 0.257 e. The number of nitrogens with zero attached hydrogens (tertiary/aromatic N) is 1. The van der Waals surface area contributed by atoms with Crippen molar-refractivity contribution < 1.29 is 24.8 Å². The first kappa shape index (κ1) is 16.0. The van der Waals surface area contributed by atoms with Gasteiger partial charge < -0.3 is 25.0 Å². The summed E-state index contributed by atoms with van der Waals surface area (Å²) in [6.07, 6.45) is -1.47. The first-order valence-electron chi connectivity index (χ1n) is 6.58. The quantitative estimate of drug-likeness (QED) is 0.668. The minimum absolute atomic E-state index is 0.0963. The molecule has 0 saturated heterocycles. The molecule has 0 bridgehead atoms. The Morgan fingerprint density at radius 1 is 1.18 bits per heavy atom. The van der Waals surface area contributed by atoms with Crippen LogP contribution in [0.1, 0.15) is 22.9 Å². The predicted molar refractivity (Wildman–Crippen MR) is 76.3 cm³/mol. The van der Waals surface area contributed by atoms with E-state index >= 15 is 0 Å². The predicted octanol–water partition coefficient (Wildman–Crippen LogP) is 0.781. The van der Waals surface area contributed by atoms with Crippen molar-refractivity contribution in [3.05, 3.63) is 57.3 Å². The van der Waals surface area contributed by atoms with Crippen LogP contribution in [-0.4, -0.2) is 31.6 Å². The largest absolute Gasteiger partial charge is 0.504 e. The molecule has 1 aromatic heterocycles. The minimum atomic E-state index is -1.47. The summed E-state index contributed by atoms with van der Waals surface area (Å²) < 4.78 is 13.9. The Labute approximate surface area is 125 Å². The molecule has 2 aromatic rings. The molecule has 6 nitrogen and oxygen atoms in total. The summed E-state index contributed by atoms with van der Waals surface area (Å²) in [6.45, 7) is 0.757. The van der Waals surface area contributed by atoms with Crippen LogP contribution in [-0.2, 0) is 6.54 Å². The van der Waals surface area contributed by atoms with E-state index in [0.29, 0.717) is 0 Å². The van der Waals surface area contributed by atoms with Gasteiger partial charge in [0.05, 0.1) is 12.2 Å². The summed E-state index contributed by atoms with van der Waals surface area (Å²) in [5, 5.41) is 39.3. The first-order valence-corrected chi connectivity index (χ1v) is 6.58. The number of rotatable bonds is 4. The van der Waals surface area contributed by atoms with E-state index in [1.54, 1.807) is 0 Å². The molecule has 0 fully saturated rings. The maximum absolute atomic E-state index is 13.0. The van der Waals surface area contributed by atoms with Crippen LogP contribution in [0.3, 0.4) is 0 Å². The van der Waals surface area contributed by atoms with Crippen LogP contribution in [0.15, 0.2) is 29.1 Å². The highest BCUT2D eigenvalue weighted by molar-refractivity contribution is 5.49. The average molecular weight is 309 g/mol. The zero-order valence-corrected chi connectivity index (χ0v) is 11.8. The summed E-state index contributed by atoms with van der Waals surface area (Å²) in [5.41, 5.74) is -0.763.